The van der Waals surface area contributed by atoms with Crippen molar-refractivity contribution in [1.29, 1.82) is 0 Å². The third kappa shape index (κ3) is 4.11. The number of nitrogens with one attached hydrogen (secondary N) is 2. The molecule has 1 aliphatic rings. The van der Waals surface area contributed by atoms with E-state index >= 15 is 0 Å². The lowest BCUT2D eigenvalue weighted by atomic mass is 10.1. The molecule has 32 heavy (non-hydrogen) atoms. The Balaban J connectivity index is 1.27. The minimum atomic E-state index is -0.504. The molecule has 1 unspecified atom stereocenters. The zero-order valence-electron chi connectivity index (χ0n) is 17.3. The highest BCUT2D eigenvalue weighted by Crippen LogP contribution is 2.26. The number of anilines is 1. The van der Waals surface area contributed by atoms with Gasteiger partial charge < -0.3 is 15.2 Å². The molecule has 0 radical (unpaired) electrons. The van der Waals surface area contributed by atoms with Gasteiger partial charge in [-0.1, -0.05) is 41.9 Å². The number of likely N-dealkylation sites (tertiary alicyclic amines) is 1. The van der Waals surface area contributed by atoms with Crippen molar-refractivity contribution in [3.05, 3.63) is 83.3 Å². The molecule has 162 valence electrons. The third-order valence-electron chi connectivity index (χ3n) is 5.81. The van der Waals surface area contributed by atoms with Gasteiger partial charge in [0.2, 0.25) is 11.8 Å². The number of rotatable bonds is 6. The molecule has 7 nitrogen and oxygen atoms in total. The van der Waals surface area contributed by atoms with Crippen LogP contribution < -0.4 is 5.32 Å². The van der Waals surface area contributed by atoms with Crippen LogP contribution in [-0.4, -0.2) is 37.5 Å². The van der Waals surface area contributed by atoms with E-state index < -0.39 is 6.04 Å². The van der Waals surface area contributed by atoms with Gasteiger partial charge in [0.15, 0.2) is 0 Å². The summed E-state index contributed by atoms with van der Waals surface area (Å²) in [7, 11) is 0. The number of hydrogen-bond donors (Lipinski definition) is 2. The number of para-hydroxylation sites is 1. The van der Waals surface area contributed by atoms with Crippen LogP contribution in [0.3, 0.4) is 0 Å². The zero-order chi connectivity index (χ0) is 22.1. The van der Waals surface area contributed by atoms with Crippen molar-refractivity contribution < 1.29 is 9.59 Å². The quantitative estimate of drug-likeness (QED) is 0.464. The molecule has 2 aromatic carbocycles. The minimum absolute atomic E-state index is 0.00568. The van der Waals surface area contributed by atoms with Crippen molar-refractivity contribution in [3.8, 4) is 0 Å². The van der Waals surface area contributed by atoms with Crippen LogP contribution in [0.25, 0.3) is 10.9 Å². The normalized spacial score (nSPS) is 16.1. The molecular formula is C24H22ClN5O2. The largest absolute Gasteiger partial charge is 0.361 e. The molecule has 1 saturated heterocycles. The molecule has 4 aromatic rings. The van der Waals surface area contributed by atoms with Crippen LogP contribution in [0, 0.1) is 0 Å². The van der Waals surface area contributed by atoms with E-state index in [1.807, 2.05) is 54.7 Å². The minimum Gasteiger partial charge on any atom is -0.361 e. The highest BCUT2D eigenvalue weighted by molar-refractivity contribution is 6.30. The Hall–Kier alpha value is -3.58. The molecule has 1 aliphatic heterocycles. The molecule has 0 bridgehead atoms. The lowest BCUT2D eigenvalue weighted by Crippen LogP contribution is -2.41. The fourth-order valence-electron chi connectivity index (χ4n) is 4.17. The van der Waals surface area contributed by atoms with Crippen LogP contribution in [0.5, 0.6) is 0 Å². The van der Waals surface area contributed by atoms with Crippen molar-refractivity contribution in [1.82, 2.24) is 19.7 Å². The number of carbonyl (C=O) groups is 2. The van der Waals surface area contributed by atoms with Gasteiger partial charge in [-0.25, -0.2) is 0 Å². The standard InChI is InChI=1S/C24H22ClN5O2/c25-18-7-5-16(6-8-18)13-29-15-19(12-27-29)28-24(32)22-9-10-23(31)30(22)14-17-11-26-21-4-2-1-3-20(17)21/h1-8,11-12,15,22,26H,9-10,13-14H2,(H,28,32). The van der Waals surface area contributed by atoms with E-state index in [0.29, 0.717) is 36.6 Å². The predicted molar refractivity (Wildman–Crippen MR) is 123 cm³/mol. The molecule has 2 N–H and O–H groups in total. The van der Waals surface area contributed by atoms with Gasteiger partial charge >= 0.3 is 0 Å². The van der Waals surface area contributed by atoms with Crippen LogP contribution in [0.2, 0.25) is 5.02 Å². The van der Waals surface area contributed by atoms with Crippen molar-refractivity contribution in [2.45, 2.75) is 32.0 Å². The number of benzene rings is 2. The fourth-order valence-corrected chi connectivity index (χ4v) is 4.29. The van der Waals surface area contributed by atoms with Gasteiger partial charge in [0.05, 0.1) is 18.4 Å². The summed E-state index contributed by atoms with van der Waals surface area (Å²) >= 11 is 5.93. The second kappa shape index (κ2) is 8.51. The summed E-state index contributed by atoms with van der Waals surface area (Å²) in [5, 5.41) is 9.00. The van der Waals surface area contributed by atoms with Crippen LogP contribution in [-0.2, 0) is 22.7 Å². The van der Waals surface area contributed by atoms with Gasteiger partial charge in [-0.3, -0.25) is 14.3 Å². The van der Waals surface area contributed by atoms with Gasteiger partial charge in [0.1, 0.15) is 6.04 Å². The lowest BCUT2D eigenvalue weighted by Gasteiger charge is -2.23. The first-order valence-corrected chi connectivity index (χ1v) is 10.9. The van der Waals surface area contributed by atoms with E-state index in [1.165, 1.54) is 0 Å². The third-order valence-corrected chi connectivity index (χ3v) is 6.06. The van der Waals surface area contributed by atoms with Crippen molar-refractivity contribution in [3.63, 3.8) is 0 Å². The number of carbonyl (C=O) groups excluding carboxylic acids is 2. The number of halogens is 1. The van der Waals surface area contributed by atoms with E-state index in [9.17, 15) is 9.59 Å². The van der Waals surface area contributed by atoms with E-state index in [1.54, 1.807) is 22.0 Å². The Labute approximate surface area is 190 Å². The first kappa shape index (κ1) is 20.3. The Bertz CT molecular complexity index is 1280. The zero-order valence-corrected chi connectivity index (χ0v) is 18.0. The Morgan fingerprint density at radius 2 is 1.97 bits per heavy atom. The first-order valence-electron chi connectivity index (χ1n) is 10.5. The first-order chi connectivity index (χ1) is 15.6. The molecule has 3 heterocycles. The maximum Gasteiger partial charge on any atom is 0.247 e. The molecule has 0 spiro atoms. The summed E-state index contributed by atoms with van der Waals surface area (Å²) in [6.07, 6.45) is 6.19. The number of nitrogens with zero attached hydrogens (tertiary/aromatic N) is 3. The van der Waals surface area contributed by atoms with Crippen LogP contribution in [0.4, 0.5) is 5.69 Å². The molecular weight excluding hydrogens is 426 g/mol. The van der Waals surface area contributed by atoms with Gasteiger partial charge in [-0.15, -0.1) is 0 Å². The SMILES string of the molecule is O=C(Nc1cnn(Cc2ccc(Cl)cc2)c1)C1CCC(=O)N1Cc1c[nH]c2ccccc12. The Morgan fingerprint density at radius 1 is 1.16 bits per heavy atom. The van der Waals surface area contributed by atoms with Gasteiger partial charge in [-0.05, 0) is 35.7 Å². The smallest absolute Gasteiger partial charge is 0.247 e. The molecule has 8 heteroatoms. The van der Waals surface area contributed by atoms with Crippen LogP contribution in [0.15, 0.2) is 67.1 Å². The molecule has 2 amide bonds. The number of hydrogen-bond acceptors (Lipinski definition) is 3. The van der Waals surface area contributed by atoms with Crippen molar-refractivity contribution >= 4 is 40.0 Å². The van der Waals surface area contributed by atoms with Gasteiger partial charge in [0, 0.05) is 41.3 Å². The van der Waals surface area contributed by atoms with E-state index in [2.05, 4.69) is 15.4 Å². The molecule has 0 saturated carbocycles. The average Bonchev–Trinajstić information content (AvgIpc) is 3.50. The maximum absolute atomic E-state index is 13.0. The molecule has 0 aliphatic carbocycles. The maximum atomic E-state index is 13.0. The van der Waals surface area contributed by atoms with Gasteiger partial charge in [0.25, 0.3) is 0 Å². The Kier molecular flexibility index (Phi) is 5.41. The highest BCUT2D eigenvalue weighted by atomic mass is 35.5. The highest BCUT2D eigenvalue weighted by Gasteiger charge is 2.36. The topological polar surface area (TPSA) is 83.0 Å². The van der Waals surface area contributed by atoms with Crippen molar-refractivity contribution in [2.24, 2.45) is 0 Å². The number of aromatic amines is 1. The molecule has 5 rings (SSSR count). The summed E-state index contributed by atoms with van der Waals surface area (Å²) in [6.45, 7) is 0.971. The lowest BCUT2D eigenvalue weighted by molar-refractivity contribution is -0.133. The fraction of sp³-hybridized carbons (Fsp3) is 0.208. The monoisotopic (exact) mass is 447 g/mol. The van der Waals surface area contributed by atoms with Crippen LogP contribution in [0.1, 0.15) is 24.0 Å². The second-order valence-corrected chi connectivity index (χ2v) is 8.41. The van der Waals surface area contributed by atoms with Gasteiger partial charge in [-0.2, -0.15) is 5.10 Å². The van der Waals surface area contributed by atoms with E-state index in [-0.39, 0.29) is 11.8 Å². The van der Waals surface area contributed by atoms with Crippen LogP contribution >= 0.6 is 11.6 Å². The Morgan fingerprint density at radius 3 is 2.81 bits per heavy atom. The van der Waals surface area contributed by atoms with E-state index in [4.69, 9.17) is 11.6 Å². The number of aromatic nitrogens is 3. The van der Waals surface area contributed by atoms with E-state index in [0.717, 1.165) is 22.0 Å². The summed E-state index contributed by atoms with van der Waals surface area (Å²) in [4.78, 5) is 30.4. The predicted octanol–water partition coefficient (Wildman–Crippen LogP) is 4.20. The average molecular weight is 448 g/mol. The molecule has 2 aromatic heterocycles. The summed E-state index contributed by atoms with van der Waals surface area (Å²) in [5.41, 5.74) is 3.68. The van der Waals surface area contributed by atoms with Crippen molar-refractivity contribution in [2.75, 3.05) is 5.32 Å². The number of fused-ring (bicyclic) bond motifs is 1. The summed E-state index contributed by atoms with van der Waals surface area (Å²) in [5.74, 6) is -0.199. The summed E-state index contributed by atoms with van der Waals surface area (Å²) in [6, 6.07) is 15.0. The second-order valence-electron chi connectivity index (χ2n) is 7.98. The number of H-pyrrole nitrogens is 1. The molecule has 1 atom stereocenters. The number of amides is 2. The molecule has 1 fully saturated rings. The summed E-state index contributed by atoms with van der Waals surface area (Å²) < 4.78 is 1.75.